The molecule has 0 spiro atoms. The Bertz CT molecular complexity index is 288. The predicted octanol–water partition coefficient (Wildman–Crippen LogP) is 2.88. The van der Waals surface area contributed by atoms with Crippen LogP contribution in [0.5, 0.6) is 0 Å². The highest BCUT2D eigenvalue weighted by atomic mass is 32.2. The molecular weight excluding hydrogens is 210 g/mol. The monoisotopic (exact) mass is 227 g/mol. The largest absolute Gasteiger partial charge is 0.349 e. The van der Waals surface area contributed by atoms with Gasteiger partial charge in [0.05, 0.1) is 0 Å². The number of rotatable bonds is 6. The van der Waals surface area contributed by atoms with Crippen LogP contribution in [-0.4, -0.2) is 24.5 Å². The van der Waals surface area contributed by atoms with Crippen LogP contribution in [-0.2, 0) is 9.47 Å². The summed E-state index contributed by atoms with van der Waals surface area (Å²) in [6.45, 7) is 5.18. The maximum Gasteiger partial charge on any atom is 0.186 e. The molecule has 0 unspecified atom stereocenters. The van der Waals surface area contributed by atoms with Gasteiger partial charge in [-0.25, -0.2) is 4.98 Å². The smallest absolute Gasteiger partial charge is 0.186 e. The molecule has 15 heavy (non-hydrogen) atoms. The Morgan fingerprint density at radius 3 is 2.53 bits per heavy atom. The average molecular weight is 227 g/mol. The summed E-state index contributed by atoms with van der Waals surface area (Å²) in [5.74, 6) is 0. The van der Waals surface area contributed by atoms with Crippen LogP contribution in [0.4, 0.5) is 0 Å². The number of pyridine rings is 1. The van der Waals surface area contributed by atoms with Crippen LogP contribution in [0.15, 0.2) is 23.4 Å². The number of nitrogens with zero attached hydrogens (tertiary/aromatic N) is 1. The summed E-state index contributed by atoms with van der Waals surface area (Å²) in [6.07, 6.45) is 3.49. The second-order valence-electron chi connectivity index (χ2n) is 2.84. The molecule has 0 amide bonds. The van der Waals surface area contributed by atoms with Crippen LogP contribution in [0.1, 0.15) is 25.7 Å². The zero-order valence-electron chi connectivity index (χ0n) is 9.40. The van der Waals surface area contributed by atoms with Crippen molar-refractivity contribution in [3.8, 4) is 0 Å². The van der Waals surface area contributed by atoms with E-state index in [9.17, 15) is 0 Å². The van der Waals surface area contributed by atoms with Gasteiger partial charge < -0.3 is 9.47 Å². The molecular formula is C11H17NO2S. The molecule has 0 aliphatic rings. The van der Waals surface area contributed by atoms with Crippen LogP contribution in [0, 0.1) is 0 Å². The van der Waals surface area contributed by atoms with Gasteiger partial charge >= 0.3 is 0 Å². The number of ether oxygens (including phenoxy) is 2. The van der Waals surface area contributed by atoms with Crippen molar-refractivity contribution >= 4 is 11.8 Å². The van der Waals surface area contributed by atoms with Gasteiger partial charge in [-0.15, -0.1) is 11.8 Å². The third kappa shape index (κ3) is 3.48. The molecule has 0 N–H and O–H groups in total. The van der Waals surface area contributed by atoms with Gasteiger partial charge in [0, 0.05) is 25.0 Å². The Kier molecular flexibility index (Phi) is 5.68. The van der Waals surface area contributed by atoms with E-state index in [-0.39, 0.29) is 6.29 Å². The van der Waals surface area contributed by atoms with E-state index in [1.54, 1.807) is 18.0 Å². The summed E-state index contributed by atoms with van der Waals surface area (Å²) < 4.78 is 11.1. The SMILES string of the molecule is CCOC(OCC)c1cccnc1SC. The van der Waals surface area contributed by atoms with Gasteiger partial charge in [-0.2, -0.15) is 0 Å². The van der Waals surface area contributed by atoms with Gasteiger partial charge in [-0.05, 0) is 32.2 Å². The zero-order valence-corrected chi connectivity index (χ0v) is 10.2. The minimum atomic E-state index is -0.295. The highest BCUT2D eigenvalue weighted by Crippen LogP contribution is 2.26. The molecule has 1 heterocycles. The molecule has 1 aromatic rings. The predicted molar refractivity (Wildman–Crippen MR) is 62.0 cm³/mol. The molecule has 0 fully saturated rings. The summed E-state index contributed by atoms with van der Waals surface area (Å²) >= 11 is 1.60. The van der Waals surface area contributed by atoms with E-state index in [0.717, 1.165) is 10.6 Å². The number of hydrogen-bond donors (Lipinski definition) is 0. The van der Waals surface area contributed by atoms with E-state index >= 15 is 0 Å². The summed E-state index contributed by atoms with van der Waals surface area (Å²) in [5, 5.41) is 0.962. The van der Waals surface area contributed by atoms with Crippen molar-refractivity contribution in [1.82, 2.24) is 4.98 Å². The van der Waals surface area contributed by atoms with Crippen molar-refractivity contribution in [2.45, 2.75) is 25.2 Å². The maximum absolute atomic E-state index is 5.54. The molecule has 3 nitrogen and oxygen atoms in total. The lowest BCUT2D eigenvalue weighted by Gasteiger charge is -2.18. The molecule has 1 rings (SSSR count). The van der Waals surface area contributed by atoms with Gasteiger partial charge in [0.2, 0.25) is 0 Å². The van der Waals surface area contributed by atoms with E-state index in [0.29, 0.717) is 13.2 Å². The highest BCUT2D eigenvalue weighted by Gasteiger charge is 2.15. The Balaban J connectivity index is 2.88. The molecule has 0 aromatic carbocycles. The van der Waals surface area contributed by atoms with Gasteiger partial charge in [0.25, 0.3) is 0 Å². The van der Waals surface area contributed by atoms with Gasteiger partial charge in [-0.1, -0.05) is 0 Å². The van der Waals surface area contributed by atoms with Crippen molar-refractivity contribution in [3.63, 3.8) is 0 Å². The standard InChI is InChI=1S/C11H17NO2S/c1-4-13-11(14-5-2)9-7-6-8-12-10(9)15-3/h6-8,11H,4-5H2,1-3H3. The summed E-state index contributed by atoms with van der Waals surface area (Å²) in [4.78, 5) is 4.29. The fraction of sp³-hybridized carbons (Fsp3) is 0.545. The molecule has 4 heteroatoms. The van der Waals surface area contributed by atoms with E-state index in [1.807, 2.05) is 32.2 Å². The van der Waals surface area contributed by atoms with Crippen LogP contribution in [0.3, 0.4) is 0 Å². The van der Waals surface area contributed by atoms with E-state index < -0.39 is 0 Å². The van der Waals surface area contributed by atoms with Gasteiger partial charge in [-0.3, -0.25) is 0 Å². The molecule has 1 aromatic heterocycles. The van der Waals surface area contributed by atoms with E-state index in [1.165, 1.54) is 0 Å². The molecule has 84 valence electrons. The second kappa shape index (κ2) is 6.82. The van der Waals surface area contributed by atoms with Crippen LogP contribution < -0.4 is 0 Å². The fourth-order valence-corrected chi connectivity index (χ4v) is 1.85. The second-order valence-corrected chi connectivity index (χ2v) is 3.64. The van der Waals surface area contributed by atoms with Crippen molar-refractivity contribution < 1.29 is 9.47 Å². The van der Waals surface area contributed by atoms with E-state index in [4.69, 9.17) is 9.47 Å². The topological polar surface area (TPSA) is 31.4 Å². The number of hydrogen-bond acceptors (Lipinski definition) is 4. The number of thioether (sulfide) groups is 1. The molecule has 0 atom stereocenters. The van der Waals surface area contributed by atoms with Gasteiger partial charge in [0.15, 0.2) is 6.29 Å². The quantitative estimate of drug-likeness (QED) is 0.552. The number of aromatic nitrogens is 1. The molecule has 0 bridgehead atoms. The molecule has 0 saturated carbocycles. The first-order valence-electron chi connectivity index (χ1n) is 5.05. The van der Waals surface area contributed by atoms with Crippen LogP contribution in [0.25, 0.3) is 0 Å². The van der Waals surface area contributed by atoms with E-state index in [2.05, 4.69) is 4.98 Å². The molecule has 0 aliphatic carbocycles. The lowest BCUT2D eigenvalue weighted by Crippen LogP contribution is -2.10. The van der Waals surface area contributed by atoms with Crippen molar-refractivity contribution in [1.29, 1.82) is 0 Å². The third-order valence-corrected chi connectivity index (χ3v) is 2.61. The Morgan fingerprint density at radius 2 is 2.00 bits per heavy atom. The fourth-order valence-electron chi connectivity index (χ4n) is 1.28. The van der Waals surface area contributed by atoms with Crippen molar-refractivity contribution in [2.24, 2.45) is 0 Å². The van der Waals surface area contributed by atoms with Crippen molar-refractivity contribution in [3.05, 3.63) is 23.9 Å². The zero-order chi connectivity index (χ0) is 11.1. The average Bonchev–Trinajstić information content (AvgIpc) is 2.29. The van der Waals surface area contributed by atoms with Crippen LogP contribution in [0.2, 0.25) is 0 Å². The summed E-state index contributed by atoms with van der Waals surface area (Å²) in [6, 6.07) is 3.90. The highest BCUT2D eigenvalue weighted by molar-refractivity contribution is 7.98. The molecule has 0 saturated heterocycles. The van der Waals surface area contributed by atoms with Crippen LogP contribution >= 0.6 is 11.8 Å². The van der Waals surface area contributed by atoms with Gasteiger partial charge in [0.1, 0.15) is 5.03 Å². The normalized spacial score (nSPS) is 10.9. The summed E-state index contributed by atoms with van der Waals surface area (Å²) in [5.41, 5.74) is 1.01. The lowest BCUT2D eigenvalue weighted by atomic mass is 10.3. The molecule has 0 radical (unpaired) electrons. The Morgan fingerprint density at radius 1 is 1.33 bits per heavy atom. The maximum atomic E-state index is 5.54. The Hall–Kier alpha value is -0.580. The third-order valence-electron chi connectivity index (χ3n) is 1.88. The first-order valence-corrected chi connectivity index (χ1v) is 6.28. The molecule has 0 aliphatic heterocycles. The minimum absolute atomic E-state index is 0.295. The first-order chi connectivity index (χ1) is 7.33. The Labute approximate surface area is 95.2 Å². The van der Waals surface area contributed by atoms with Crippen molar-refractivity contribution in [2.75, 3.05) is 19.5 Å². The first kappa shape index (κ1) is 12.5. The lowest BCUT2D eigenvalue weighted by molar-refractivity contribution is -0.142. The summed E-state index contributed by atoms with van der Waals surface area (Å²) in [7, 11) is 0. The minimum Gasteiger partial charge on any atom is -0.349 e.